The Balaban J connectivity index is 1.52. The van der Waals surface area contributed by atoms with E-state index in [1.165, 1.54) is 11.1 Å². The summed E-state index contributed by atoms with van der Waals surface area (Å²) in [6, 6.07) is 16.3. The normalized spacial score (nSPS) is 17.3. The summed E-state index contributed by atoms with van der Waals surface area (Å²) < 4.78 is 5.23. The Kier molecular flexibility index (Phi) is 7.88. The van der Waals surface area contributed by atoms with Gasteiger partial charge in [0.25, 0.3) is 0 Å². The maximum absolute atomic E-state index is 12.9. The van der Waals surface area contributed by atoms with Gasteiger partial charge in [0.2, 0.25) is 5.91 Å². The van der Waals surface area contributed by atoms with Gasteiger partial charge < -0.3 is 10.1 Å². The van der Waals surface area contributed by atoms with Gasteiger partial charge in [-0.1, -0.05) is 44.2 Å². The Morgan fingerprint density at radius 1 is 1.03 bits per heavy atom. The molecular weight excluding hydrogens is 374 g/mol. The Labute approximate surface area is 181 Å². The average molecular weight is 410 g/mol. The number of anilines is 1. The van der Waals surface area contributed by atoms with Gasteiger partial charge in [-0.2, -0.15) is 0 Å². The number of carbonyl (C=O) groups excluding carboxylic acids is 1. The first-order chi connectivity index (χ1) is 14.5. The number of rotatable bonds is 8. The zero-order chi connectivity index (χ0) is 21.5. The number of ether oxygens (including phenoxy) is 1. The number of carbonyl (C=O) groups is 1. The molecular formula is C25H35N3O2. The maximum Gasteiger partial charge on any atom is 0.241 e. The molecule has 2 atom stereocenters. The molecule has 0 radical (unpaired) electrons. The Hall–Kier alpha value is -2.37. The standard InChI is InChI=1S/C25H35N3O2/c1-5-19(2)23-8-6-7-9-24(23)26-25(29)20(3)28-16-14-27(15-17-28)18-21-10-12-22(30-4)13-11-21/h6-13,19-20H,5,14-18H2,1-4H3,(H,26,29)/t19-,20+/m1/s1. The minimum atomic E-state index is -0.141. The van der Waals surface area contributed by atoms with E-state index in [0.717, 1.165) is 50.6 Å². The number of methoxy groups -OCH3 is 1. The van der Waals surface area contributed by atoms with Gasteiger partial charge in [0.15, 0.2) is 0 Å². The van der Waals surface area contributed by atoms with E-state index in [0.29, 0.717) is 5.92 Å². The summed E-state index contributed by atoms with van der Waals surface area (Å²) in [5.41, 5.74) is 3.45. The number of piperazine rings is 1. The van der Waals surface area contributed by atoms with E-state index in [1.807, 2.05) is 37.3 Å². The van der Waals surface area contributed by atoms with Gasteiger partial charge in [-0.05, 0) is 48.6 Å². The molecule has 1 amide bonds. The minimum absolute atomic E-state index is 0.0781. The summed E-state index contributed by atoms with van der Waals surface area (Å²) in [5, 5.41) is 3.18. The first-order valence-corrected chi connectivity index (χ1v) is 11.0. The zero-order valence-electron chi connectivity index (χ0n) is 18.7. The molecule has 5 nitrogen and oxygen atoms in total. The van der Waals surface area contributed by atoms with Crippen molar-refractivity contribution in [3.63, 3.8) is 0 Å². The average Bonchev–Trinajstić information content (AvgIpc) is 2.79. The Morgan fingerprint density at radius 2 is 1.70 bits per heavy atom. The summed E-state index contributed by atoms with van der Waals surface area (Å²) in [6.45, 7) is 11.1. The van der Waals surface area contributed by atoms with Crippen LogP contribution in [0.15, 0.2) is 48.5 Å². The van der Waals surface area contributed by atoms with Crippen LogP contribution in [-0.2, 0) is 11.3 Å². The van der Waals surface area contributed by atoms with Crippen molar-refractivity contribution < 1.29 is 9.53 Å². The van der Waals surface area contributed by atoms with Gasteiger partial charge in [0, 0.05) is 38.4 Å². The van der Waals surface area contributed by atoms with Crippen molar-refractivity contribution in [1.29, 1.82) is 0 Å². The fourth-order valence-electron chi connectivity index (χ4n) is 3.96. The van der Waals surface area contributed by atoms with Crippen molar-refractivity contribution in [2.24, 2.45) is 0 Å². The number of amides is 1. The predicted molar refractivity (Wildman–Crippen MR) is 123 cm³/mol. The molecule has 1 aliphatic rings. The van der Waals surface area contributed by atoms with Crippen molar-refractivity contribution in [2.45, 2.75) is 45.7 Å². The van der Waals surface area contributed by atoms with Crippen molar-refractivity contribution in [3.8, 4) is 5.75 Å². The van der Waals surface area contributed by atoms with Crippen LogP contribution in [0.5, 0.6) is 5.75 Å². The first kappa shape index (κ1) is 22.3. The Bertz CT molecular complexity index is 813. The van der Waals surface area contributed by atoms with Crippen molar-refractivity contribution in [3.05, 3.63) is 59.7 Å². The smallest absolute Gasteiger partial charge is 0.241 e. The molecule has 1 heterocycles. The lowest BCUT2D eigenvalue weighted by Crippen LogP contribution is -2.52. The summed E-state index contributed by atoms with van der Waals surface area (Å²) in [6.07, 6.45) is 1.05. The molecule has 2 aromatic carbocycles. The van der Waals surface area contributed by atoms with E-state index < -0.39 is 0 Å². The predicted octanol–water partition coefficient (Wildman–Crippen LogP) is 4.35. The molecule has 1 saturated heterocycles. The first-order valence-electron chi connectivity index (χ1n) is 11.0. The molecule has 1 aliphatic heterocycles. The molecule has 1 fully saturated rings. The van der Waals surface area contributed by atoms with Gasteiger partial charge in [-0.25, -0.2) is 0 Å². The van der Waals surface area contributed by atoms with E-state index in [1.54, 1.807) is 7.11 Å². The molecule has 5 heteroatoms. The minimum Gasteiger partial charge on any atom is -0.497 e. The van der Waals surface area contributed by atoms with Crippen molar-refractivity contribution in [2.75, 3.05) is 38.6 Å². The summed E-state index contributed by atoms with van der Waals surface area (Å²) in [7, 11) is 1.69. The van der Waals surface area contributed by atoms with Gasteiger partial charge in [-0.3, -0.25) is 14.6 Å². The van der Waals surface area contributed by atoms with E-state index in [-0.39, 0.29) is 11.9 Å². The lowest BCUT2D eigenvalue weighted by atomic mass is 9.97. The quantitative estimate of drug-likeness (QED) is 0.704. The molecule has 0 bridgehead atoms. The third-order valence-corrected chi connectivity index (χ3v) is 6.26. The molecule has 0 aromatic heterocycles. The topological polar surface area (TPSA) is 44.8 Å². The fourth-order valence-corrected chi connectivity index (χ4v) is 3.96. The van der Waals surface area contributed by atoms with Crippen LogP contribution in [-0.4, -0.2) is 55.0 Å². The molecule has 1 N–H and O–H groups in total. The van der Waals surface area contributed by atoms with Crippen LogP contribution in [0.4, 0.5) is 5.69 Å². The summed E-state index contributed by atoms with van der Waals surface area (Å²) >= 11 is 0. The SMILES string of the molecule is CC[C@@H](C)c1ccccc1NC(=O)[C@H](C)N1CCN(Cc2ccc(OC)cc2)CC1. The van der Waals surface area contributed by atoms with Crippen molar-refractivity contribution in [1.82, 2.24) is 9.80 Å². The number of para-hydroxylation sites is 1. The highest BCUT2D eigenvalue weighted by Gasteiger charge is 2.26. The fraction of sp³-hybridized carbons (Fsp3) is 0.480. The van der Waals surface area contributed by atoms with Crippen LogP contribution in [0.25, 0.3) is 0 Å². The van der Waals surface area contributed by atoms with Gasteiger partial charge in [0.1, 0.15) is 5.75 Å². The number of nitrogens with zero attached hydrogens (tertiary/aromatic N) is 2. The highest BCUT2D eigenvalue weighted by atomic mass is 16.5. The lowest BCUT2D eigenvalue weighted by Gasteiger charge is -2.37. The van der Waals surface area contributed by atoms with Crippen molar-refractivity contribution >= 4 is 11.6 Å². The van der Waals surface area contributed by atoms with Crippen LogP contribution in [0.2, 0.25) is 0 Å². The van der Waals surface area contributed by atoms with Crippen LogP contribution in [0.3, 0.4) is 0 Å². The molecule has 0 spiro atoms. The van der Waals surface area contributed by atoms with Crippen LogP contribution in [0.1, 0.15) is 44.2 Å². The molecule has 0 aliphatic carbocycles. The van der Waals surface area contributed by atoms with E-state index in [4.69, 9.17) is 4.74 Å². The number of hydrogen-bond acceptors (Lipinski definition) is 4. The molecule has 162 valence electrons. The van der Waals surface area contributed by atoms with Crippen LogP contribution >= 0.6 is 0 Å². The highest BCUT2D eigenvalue weighted by molar-refractivity contribution is 5.95. The van der Waals surface area contributed by atoms with Crippen LogP contribution < -0.4 is 10.1 Å². The van der Waals surface area contributed by atoms with Gasteiger partial charge in [-0.15, -0.1) is 0 Å². The molecule has 30 heavy (non-hydrogen) atoms. The summed E-state index contributed by atoms with van der Waals surface area (Å²) in [5.74, 6) is 1.39. The second kappa shape index (κ2) is 10.6. The maximum atomic E-state index is 12.9. The monoisotopic (exact) mass is 409 g/mol. The molecule has 0 saturated carbocycles. The number of hydrogen-bond donors (Lipinski definition) is 1. The zero-order valence-corrected chi connectivity index (χ0v) is 18.7. The highest BCUT2D eigenvalue weighted by Crippen LogP contribution is 2.27. The summed E-state index contributed by atoms with van der Waals surface area (Å²) in [4.78, 5) is 17.7. The lowest BCUT2D eigenvalue weighted by molar-refractivity contribution is -0.121. The molecule has 2 aromatic rings. The number of benzene rings is 2. The molecule has 0 unspecified atom stereocenters. The van der Waals surface area contributed by atoms with Gasteiger partial charge >= 0.3 is 0 Å². The number of nitrogens with one attached hydrogen (secondary N) is 1. The van der Waals surface area contributed by atoms with Gasteiger partial charge in [0.05, 0.1) is 13.2 Å². The van der Waals surface area contributed by atoms with E-state index in [9.17, 15) is 4.79 Å². The Morgan fingerprint density at radius 3 is 2.33 bits per heavy atom. The van der Waals surface area contributed by atoms with E-state index in [2.05, 4.69) is 47.2 Å². The second-order valence-electron chi connectivity index (χ2n) is 8.22. The third-order valence-electron chi connectivity index (χ3n) is 6.26. The van der Waals surface area contributed by atoms with Crippen LogP contribution in [0, 0.1) is 0 Å². The van der Waals surface area contributed by atoms with E-state index >= 15 is 0 Å². The largest absolute Gasteiger partial charge is 0.497 e. The molecule has 3 rings (SSSR count). The third kappa shape index (κ3) is 5.61. The second-order valence-corrected chi connectivity index (χ2v) is 8.22.